The number of nitrogens with one attached hydrogen (secondary N) is 1. The number of ketones is 1. The lowest BCUT2D eigenvalue weighted by Gasteiger charge is -2.29. The topological polar surface area (TPSA) is 89.5 Å². The van der Waals surface area contributed by atoms with Crippen LogP contribution in [-0.2, 0) is 14.8 Å². The Morgan fingerprint density at radius 1 is 1.00 bits per heavy atom. The van der Waals surface area contributed by atoms with Crippen molar-refractivity contribution >= 4 is 11.8 Å². The first-order valence-electron chi connectivity index (χ1n) is 8.80. The van der Waals surface area contributed by atoms with Gasteiger partial charge < -0.3 is 10.4 Å². The van der Waals surface area contributed by atoms with Crippen molar-refractivity contribution in [3.05, 3.63) is 11.8 Å². The summed E-state index contributed by atoms with van der Waals surface area (Å²) in [4.78, 5) is 22.5. The Labute approximate surface area is 144 Å². The van der Waals surface area contributed by atoms with E-state index < -0.39 is 17.2 Å². The van der Waals surface area contributed by atoms with Crippen LogP contribution in [0.1, 0.15) is 79.1 Å². The Bertz CT molecular complexity index is 483. The molecule has 24 heavy (non-hydrogen) atoms. The minimum Gasteiger partial charge on any atom is -0.481 e. The average molecular weight is 339 g/mol. The number of carboxylic acids is 1. The fourth-order valence-electron chi connectivity index (χ4n) is 3.07. The fourth-order valence-corrected chi connectivity index (χ4v) is 3.07. The lowest BCUT2D eigenvalue weighted by molar-refractivity contribution is -0.243. The molecule has 1 aliphatic rings. The number of hydrogen-bond acceptors (Lipinski definition) is 4. The van der Waals surface area contributed by atoms with Crippen molar-refractivity contribution in [1.29, 1.82) is 0 Å². The van der Waals surface area contributed by atoms with Crippen molar-refractivity contribution in [3.8, 4) is 0 Å². The second kappa shape index (κ2) is 8.62. The number of hydroxylamine groups is 2. The molecule has 0 saturated carbocycles. The standard InChI is InChI=1S/C18H31N2O4/c1-17(2)15(19-18(3,4)20(17)24)13-14(21)11-9-7-5-6-8-10-12-16(22)23/h13,19H,5-12H2,1-4H3,(H,22,23)/b15-13-. The van der Waals surface area contributed by atoms with Crippen LogP contribution in [0.2, 0.25) is 0 Å². The molecule has 1 fully saturated rings. The monoisotopic (exact) mass is 339 g/mol. The molecule has 1 aliphatic heterocycles. The Morgan fingerprint density at radius 2 is 1.50 bits per heavy atom. The van der Waals surface area contributed by atoms with Crippen molar-refractivity contribution in [1.82, 2.24) is 10.4 Å². The zero-order chi connectivity index (χ0) is 18.4. The number of carbonyl (C=O) groups excluding carboxylic acids is 1. The van der Waals surface area contributed by atoms with Gasteiger partial charge in [0.05, 0.1) is 5.54 Å². The van der Waals surface area contributed by atoms with Gasteiger partial charge in [0.1, 0.15) is 5.66 Å². The van der Waals surface area contributed by atoms with Crippen molar-refractivity contribution in [2.75, 3.05) is 0 Å². The molecule has 0 unspecified atom stereocenters. The molecule has 6 nitrogen and oxygen atoms in total. The molecule has 1 saturated heterocycles. The molecule has 0 aromatic rings. The lowest BCUT2D eigenvalue weighted by Crippen LogP contribution is -2.47. The van der Waals surface area contributed by atoms with E-state index in [9.17, 15) is 14.8 Å². The van der Waals surface area contributed by atoms with E-state index in [-0.39, 0.29) is 12.2 Å². The molecule has 1 heterocycles. The predicted molar refractivity (Wildman–Crippen MR) is 91.5 cm³/mol. The highest BCUT2D eigenvalue weighted by molar-refractivity contribution is 5.90. The summed E-state index contributed by atoms with van der Waals surface area (Å²) in [6.45, 7) is 7.24. The van der Waals surface area contributed by atoms with E-state index in [0.29, 0.717) is 12.1 Å². The SMILES string of the molecule is CC1(C)N/C(=C\C(=O)CCCCCCCCC(=O)O)C(C)(C)N1[O]. The number of aliphatic carboxylic acids is 1. The fraction of sp³-hybridized carbons (Fsp3) is 0.778. The molecule has 1 rings (SSSR count). The summed E-state index contributed by atoms with van der Waals surface area (Å²) >= 11 is 0. The number of rotatable bonds is 10. The normalized spacial score (nSPS) is 21.0. The summed E-state index contributed by atoms with van der Waals surface area (Å²) in [6, 6.07) is 0. The van der Waals surface area contributed by atoms with Gasteiger partial charge in [-0.15, -0.1) is 10.3 Å². The summed E-state index contributed by atoms with van der Waals surface area (Å²) in [5, 5.41) is 24.9. The first-order chi connectivity index (χ1) is 11.1. The van der Waals surface area contributed by atoms with Crippen LogP contribution in [-0.4, -0.2) is 33.1 Å². The van der Waals surface area contributed by atoms with Gasteiger partial charge in [0, 0.05) is 24.6 Å². The summed E-state index contributed by atoms with van der Waals surface area (Å²) < 4.78 is 0. The molecule has 0 spiro atoms. The van der Waals surface area contributed by atoms with Crippen molar-refractivity contribution < 1.29 is 19.9 Å². The summed E-state index contributed by atoms with van der Waals surface area (Å²) in [5.41, 5.74) is -0.740. The van der Waals surface area contributed by atoms with E-state index in [2.05, 4.69) is 5.32 Å². The van der Waals surface area contributed by atoms with Gasteiger partial charge in [-0.3, -0.25) is 9.59 Å². The summed E-state index contributed by atoms with van der Waals surface area (Å²) in [7, 11) is 0. The molecule has 0 aliphatic carbocycles. The van der Waals surface area contributed by atoms with Gasteiger partial charge in [0.25, 0.3) is 0 Å². The highest BCUT2D eigenvalue weighted by atomic mass is 16.5. The number of hydrogen-bond donors (Lipinski definition) is 2. The molecular formula is C18H31N2O4. The van der Waals surface area contributed by atoms with Gasteiger partial charge in [-0.2, -0.15) is 0 Å². The highest BCUT2D eigenvalue weighted by Gasteiger charge is 2.49. The number of carboxylic acid groups (broad SMARTS) is 1. The van der Waals surface area contributed by atoms with Crippen LogP contribution >= 0.6 is 0 Å². The predicted octanol–water partition coefficient (Wildman–Crippen LogP) is 3.41. The molecule has 6 heteroatoms. The number of carbonyl (C=O) groups is 2. The largest absolute Gasteiger partial charge is 0.481 e. The third kappa shape index (κ3) is 5.91. The van der Waals surface area contributed by atoms with E-state index in [0.717, 1.165) is 43.6 Å². The van der Waals surface area contributed by atoms with Gasteiger partial charge in [-0.25, -0.2) is 0 Å². The Balaban J connectivity index is 2.28. The minimum absolute atomic E-state index is 0.0440. The second-order valence-corrected chi connectivity index (χ2v) is 7.58. The van der Waals surface area contributed by atoms with Crippen molar-refractivity contribution in [2.45, 2.75) is 90.3 Å². The highest BCUT2D eigenvalue weighted by Crippen LogP contribution is 2.35. The van der Waals surface area contributed by atoms with E-state index in [1.54, 1.807) is 19.9 Å². The van der Waals surface area contributed by atoms with E-state index in [1.807, 2.05) is 13.8 Å². The Morgan fingerprint density at radius 3 is 1.96 bits per heavy atom. The van der Waals surface area contributed by atoms with E-state index in [4.69, 9.17) is 5.11 Å². The van der Waals surface area contributed by atoms with Crippen LogP contribution in [0.25, 0.3) is 0 Å². The third-order valence-electron chi connectivity index (χ3n) is 4.48. The van der Waals surface area contributed by atoms with Crippen LogP contribution in [0.15, 0.2) is 11.8 Å². The zero-order valence-electron chi connectivity index (χ0n) is 15.4. The first kappa shape index (κ1) is 20.6. The van der Waals surface area contributed by atoms with Crippen molar-refractivity contribution in [3.63, 3.8) is 0 Å². The zero-order valence-corrected chi connectivity index (χ0v) is 15.4. The minimum atomic E-state index is -0.739. The van der Waals surface area contributed by atoms with E-state index >= 15 is 0 Å². The molecule has 0 atom stereocenters. The number of allylic oxidation sites excluding steroid dienone is 1. The van der Waals surface area contributed by atoms with Gasteiger partial charge in [-0.05, 0) is 40.5 Å². The van der Waals surface area contributed by atoms with Crippen LogP contribution < -0.4 is 5.32 Å². The Kier molecular flexibility index (Phi) is 7.42. The van der Waals surface area contributed by atoms with Crippen LogP contribution in [0, 0.1) is 0 Å². The molecule has 137 valence electrons. The first-order valence-corrected chi connectivity index (χ1v) is 8.80. The third-order valence-corrected chi connectivity index (χ3v) is 4.48. The molecule has 0 amide bonds. The Hall–Kier alpha value is -1.40. The van der Waals surface area contributed by atoms with Crippen molar-refractivity contribution in [2.24, 2.45) is 0 Å². The average Bonchev–Trinajstić information content (AvgIpc) is 2.61. The molecule has 2 N–H and O–H groups in total. The maximum atomic E-state index is 12.2. The number of nitrogens with zero attached hydrogens (tertiary/aromatic N) is 1. The lowest BCUT2D eigenvalue weighted by atomic mass is 9.99. The molecule has 0 aromatic heterocycles. The van der Waals surface area contributed by atoms with Gasteiger partial charge in [-0.1, -0.05) is 25.7 Å². The smallest absolute Gasteiger partial charge is 0.303 e. The maximum absolute atomic E-state index is 12.2. The quantitative estimate of drug-likeness (QED) is 0.470. The van der Waals surface area contributed by atoms with E-state index in [1.165, 1.54) is 0 Å². The number of unbranched alkanes of at least 4 members (excludes halogenated alkanes) is 5. The van der Waals surface area contributed by atoms with Crippen LogP contribution in [0.5, 0.6) is 0 Å². The molecule has 1 radical (unpaired) electrons. The molecule has 0 aromatic carbocycles. The second-order valence-electron chi connectivity index (χ2n) is 7.58. The summed E-state index contributed by atoms with van der Waals surface area (Å²) in [5.74, 6) is -0.695. The summed E-state index contributed by atoms with van der Waals surface area (Å²) in [6.07, 6.45) is 7.78. The molecule has 0 bridgehead atoms. The van der Waals surface area contributed by atoms with Gasteiger partial charge >= 0.3 is 5.97 Å². The van der Waals surface area contributed by atoms with Gasteiger partial charge in [0.2, 0.25) is 0 Å². The molecular weight excluding hydrogens is 308 g/mol. The van der Waals surface area contributed by atoms with Gasteiger partial charge in [0.15, 0.2) is 5.78 Å². The van der Waals surface area contributed by atoms with Crippen LogP contribution in [0.3, 0.4) is 0 Å². The maximum Gasteiger partial charge on any atom is 0.303 e. The van der Waals surface area contributed by atoms with Crippen LogP contribution in [0.4, 0.5) is 0 Å².